The van der Waals surface area contributed by atoms with Gasteiger partial charge in [-0.25, -0.2) is 4.85 Å². The molecular formula is C8H4N2S. The van der Waals surface area contributed by atoms with Crippen molar-refractivity contribution in [1.29, 1.82) is 0 Å². The molecule has 0 spiro atoms. The van der Waals surface area contributed by atoms with Gasteiger partial charge in [-0.3, -0.25) is 0 Å². The van der Waals surface area contributed by atoms with E-state index in [-0.39, 0.29) is 0 Å². The molecule has 0 atom stereocenters. The summed E-state index contributed by atoms with van der Waals surface area (Å²) in [6.45, 7) is 6.71. The van der Waals surface area contributed by atoms with Crippen molar-refractivity contribution in [2.24, 2.45) is 4.99 Å². The molecule has 0 unspecified atom stereocenters. The van der Waals surface area contributed by atoms with Crippen LogP contribution in [0.25, 0.3) is 4.85 Å². The molecule has 1 aromatic rings. The van der Waals surface area contributed by atoms with Crippen molar-refractivity contribution in [3.63, 3.8) is 0 Å². The van der Waals surface area contributed by atoms with Crippen LogP contribution in [0.2, 0.25) is 0 Å². The summed E-state index contributed by atoms with van der Waals surface area (Å²) in [4.78, 5) is 6.98. The van der Waals surface area contributed by atoms with Gasteiger partial charge in [0.15, 0.2) is 5.69 Å². The Morgan fingerprint density at radius 1 is 1.55 bits per heavy atom. The SMILES string of the molecule is [C-]#[N+]c1cccc(N=C=S)c1. The highest BCUT2D eigenvalue weighted by Gasteiger charge is 1.90. The van der Waals surface area contributed by atoms with Gasteiger partial charge in [-0.15, -0.1) is 0 Å². The van der Waals surface area contributed by atoms with Gasteiger partial charge in [0, 0.05) is 0 Å². The van der Waals surface area contributed by atoms with Gasteiger partial charge in [-0.1, -0.05) is 12.1 Å². The summed E-state index contributed by atoms with van der Waals surface area (Å²) in [5.41, 5.74) is 1.24. The smallest absolute Gasteiger partial charge is 0.189 e. The zero-order chi connectivity index (χ0) is 8.10. The minimum atomic E-state index is 0.566. The lowest BCUT2D eigenvalue weighted by Gasteiger charge is -1.89. The average Bonchev–Trinajstić information content (AvgIpc) is 2.06. The Morgan fingerprint density at radius 3 is 3.00 bits per heavy atom. The van der Waals surface area contributed by atoms with Crippen LogP contribution in [0.15, 0.2) is 29.3 Å². The van der Waals surface area contributed by atoms with Crippen molar-refractivity contribution in [2.45, 2.75) is 0 Å². The number of isothiocyanates is 1. The van der Waals surface area contributed by atoms with E-state index in [2.05, 4.69) is 27.2 Å². The van der Waals surface area contributed by atoms with Gasteiger partial charge in [0.25, 0.3) is 0 Å². The Hall–Kier alpha value is -1.49. The first-order valence-electron chi connectivity index (χ1n) is 2.92. The summed E-state index contributed by atoms with van der Waals surface area (Å²) in [7, 11) is 0. The van der Waals surface area contributed by atoms with E-state index in [9.17, 15) is 0 Å². The first-order chi connectivity index (χ1) is 5.36. The highest BCUT2D eigenvalue weighted by molar-refractivity contribution is 7.78. The lowest BCUT2D eigenvalue weighted by atomic mass is 10.3. The largest absolute Gasteiger partial charge is 0.238 e. The molecule has 0 radical (unpaired) electrons. The van der Waals surface area contributed by atoms with Crippen molar-refractivity contribution in [3.05, 3.63) is 35.7 Å². The lowest BCUT2D eigenvalue weighted by molar-refractivity contribution is 1.56. The Balaban J connectivity index is 3.12. The van der Waals surface area contributed by atoms with Crippen LogP contribution in [0.5, 0.6) is 0 Å². The third-order valence-corrected chi connectivity index (χ3v) is 1.22. The molecule has 0 bridgehead atoms. The van der Waals surface area contributed by atoms with Crippen LogP contribution in [-0.2, 0) is 0 Å². The number of hydrogen-bond donors (Lipinski definition) is 0. The van der Waals surface area contributed by atoms with Gasteiger partial charge in [-0.2, -0.15) is 4.99 Å². The molecule has 0 N–H and O–H groups in total. The van der Waals surface area contributed by atoms with E-state index in [1.807, 2.05) is 0 Å². The van der Waals surface area contributed by atoms with Crippen LogP contribution in [0.3, 0.4) is 0 Å². The predicted octanol–water partition coefficient (Wildman–Crippen LogP) is 2.97. The summed E-state index contributed by atoms with van der Waals surface area (Å²) < 4.78 is 0. The van der Waals surface area contributed by atoms with E-state index < -0.39 is 0 Å². The molecule has 11 heavy (non-hydrogen) atoms. The molecular weight excluding hydrogens is 156 g/mol. The van der Waals surface area contributed by atoms with Crippen LogP contribution in [0.4, 0.5) is 11.4 Å². The molecule has 0 aliphatic heterocycles. The van der Waals surface area contributed by atoms with Gasteiger partial charge in [0.1, 0.15) is 0 Å². The Morgan fingerprint density at radius 2 is 2.36 bits per heavy atom. The Bertz CT molecular complexity index is 345. The molecule has 0 saturated carbocycles. The number of rotatable bonds is 1. The monoisotopic (exact) mass is 160 g/mol. The van der Waals surface area contributed by atoms with Gasteiger partial charge >= 0.3 is 0 Å². The maximum atomic E-state index is 6.71. The molecule has 2 nitrogen and oxygen atoms in total. The van der Waals surface area contributed by atoms with Crippen molar-refractivity contribution in [3.8, 4) is 0 Å². The first kappa shape index (κ1) is 7.62. The molecule has 0 amide bonds. The predicted molar refractivity (Wildman–Crippen MR) is 47.4 cm³/mol. The van der Waals surface area contributed by atoms with Gasteiger partial charge < -0.3 is 0 Å². The van der Waals surface area contributed by atoms with Crippen LogP contribution in [0.1, 0.15) is 0 Å². The van der Waals surface area contributed by atoms with E-state index in [0.717, 1.165) is 0 Å². The van der Waals surface area contributed by atoms with E-state index >= 15 is 0 Å². The van der Waals surface area contributed by atoms with E-state index in [4.69, 9.17) is 6.57 Å². The highest BCUT2D eigenvalue weighted by Crippen LogP contribution is 2.19. The van der Waals surface area contributed by atoms with Crippen molar-refractivity contribution in [2.75, 3.05) is 0 Å². The first-order valence-corrected chi connectivity index (χ1v) is 3.33. The third kappa shape index (κ3) is 1.98. The molecule has 0 aromatic heterocycles. The molecule has 0 aliphatic carbocycles. The average molecular weight is 160 g/mol. The Kier molecular flexibility index (Phi) is 2.51. The van der Waals surface area contributed by atoms with Gasteiger partial charge in [0.2, 0.25) is 0 Å². The normalized spacial score (nSPS) is 7.91. The number of thiocarbonyl (C=S) groups is 1. The van der Waals surface area contributed by atoms with Crippen LogP contribution in [-0.4, -0.2) is 5.16 Å². The summed E-state index contributed by atoms with van der Waals surface area (Å²) in [5, 5.41) is 2.24. The second-order valence-corrected chi connectivity index (χ2v) is 2.02. The van der Waals surface area contributed by atoms with Crippen molar-refractivity contribution < 1.29 is 0 Å². The summed E-state index contributed by atoms with van der Waals surface area (Å²) in [6.07, 6.45) is 0. The molecule has 0 fully saturated rings. The van der Waals surface area contributed by atoms with Crippen LogP contribution >= 0.6 is 12.2 Å². The Labute approximate surface area is 70.0 Å². The van der Waals surface area contributed by atoms with E-state index in [0.29, 0.717) is 11.4 Å². The molecule has 1 rings (SSSR count). The summed E-state index contributed by atoms with van der Waals surface area (Å²) >= 11 is 4.42. The molecule has 0 heterocycles. The van der Waals surface area contributed by atoms with Gasteiger partial charge in [0.05, 0.1) is 17.4 Å². The zero-order valence-corrected chi connectivity index (χ0v) is 6.43. The topological polar surface area (TPSA) is 16.7 Å². The molecule has 52 valence electrons. The minimum absolute atomic E-state index is 0.566. The second-order valence-electron chi connectivity index (χ2n) is 1.83. The molecule has 0 saturated heterocycles. The lowest BCUT2D eigenvalue weighted by Crippen LogP contribution is -1.61. The number of nitrogens with zero attached hydrogens (tertiary/aromatic N) is 2. The summed E-state index contributed by atoms with van der Waals surface area (Å²) in [5.74, 6) is 0. The third-order valence-electron chi connectivity index (χ3n) is 1.13. The minimum Gasteiger partial charge on any atom is -0.238 e. The quantitative estimate of drug-likeness (QED) is 0.350. The van der Waals surface area contributed by atoms with Crippen molar-refractivity contribution in [1.82, 2.24) is 0 Å². The molecule has 1 aromatic carbocycles. The van der Waals surface area contributed by atoms with Crippen molar-refractivity contribution >= 4 is 28.8 Å². The maximum Gasteiger partial charge on any atom is 0.189 e. The van der Waals surface area contributed by atoms with Crippen LogP contribution in [0, 0.1) is 6.57 Å². The standard InChI is InChI=1S/C8H4N2S/c1-9-7-3-2-4-8(5-7)10-6-11/h2-5H. The summed E-state index contributed by atoms with van der Waals surface area (Å²) in [6, 6.07) is 6.91. The highest BCUT2D eigenvalue weighted by atomic mass is 32.1. The fraction of sp³-hybridized carbons (Fsp3) is 0. The number of aliphatic imine (C=N–C) groups is 1. The number of benzene rings is 1. The fourth-order valence-corrected chi connectivity index (χ4v) is 0.790. The number of hydrogen-bond acceptors (Lipinski definition) is 2. The molecule has 0 aliphatic rings. The zero-order valence-electron chi connectivity index (χ0n) is 5.61. The fourth-order valence-electron chi connectivity index (χ4n) is 0.685. The van der Waals surface area contributed by atoms with E-state index in [1.54, 1.807) is 24.3 Å². The van der Waals surface area contributed by atoms with Gasteiger partial charge in [-0.05, 0) is 24.4 Å². The molecule has 3 heteroatoms. The van der Waals surface area contributed by atoms with E-state index in [1.165, 1.54) is 0 Å². The maximum absolute atomic E-state index is 6.71. The van der Waals surface area contributed by atoms with Crippen LogP contribution < -0.4 is 0 Å². The second kappa shape index (κ2) is 3.62.